The number of amides is 2. The van der Waals surface area contributed by atoms with Crippen LogP contribution in [-0.4, -0.2) is 74.3 Å². The summed E-state index contributed by atoms with van der Waals surface area (Å²) in [6.07, 6.45) is 6.24. The van der Waals surface area contributed by atoms with Crippen LogP contribution in [0.15, 0.2) is 72.9 Å². The number of para-hydroxylation sites is 1. The number of carbonyl (C=O) groups excluding carboxylic acids is 2. The molecule has 3 saturated heterocycles. The normalized spacial score (nSPS) is 28.0. The first kappa shape index (κ1) is 29.8. The molecule has 0 unspecified atom stereocenters. The van der Waals surface area contributed by atoms with E-state index in [9.17, 15) is 19.5 Å². The van der Waals surface area contributed by atoms with Crippen LogP contribution in [-0.2, 0) is 20.8 Å². The summed E-state index contributed by atoms with van der Waals surface area (Å²) in [4.78, 5) is 51.6. The summed E-state index contributed by atoms with van der Waals surface area (Å²) in [6, 6.07) is 20.7. The molecule has 2 amide bonds. The minimum atomic E-state index is -1.50. The minimum Gasteiger partial charge on any atom is -0.488 e. The topological polar surface area (TPSA) is 124 Å². The van der Waals surface area contributed by atoms with E-state index < -0.39 is 35.7 Å². The van der Waals surface area contributed by atoms with Crippen molar-refractivity contribution >= 4 is 39.6 Å². The number of carbonyl (C=O) groups is 3. The van der Waals surface area contributed by atoms with E-state index in [-0.39, 0.29) is 31.5 Å². The van der Waals surface area contributed by atoms with Crippen molar-refractivity contribution in [2.45, 2.75) is 81.6 Å². The van der Waals surface area contributed by atoms with Crippen LogP contribution in [0.4, 0.5) is 4.79 Å². The number of H-pyrrole nitrogens is 1. The van der Waals surface area contributed by atoms with Gasteiger partial charge in [-0.15, -0.1) is 5.06 Å². The van der Waals surface area contributed by atoms with Gasteiger partial charge in [0.1, 0.15) is 23.4 Å². The van der Waals surface area contributed by atoms with Gasteiger partial charge in [0.25, 0.3) is 0 Å². The molecule has 10 heteroatoms. The maximum atomic E-state index is 14.6. The maximum absolute atomic E-state index is 14.6. The molecule has 0 radical (unpaired) electrons. The Labute approximate surface area is 273 Å². The van der Waals surface area contributed by atoms with Crippen LogP contribution < -0.4 is 10.1 Å². The van der Waals surface area contributed by atoms with Crippen molar-refractivity contribution in [1.29, 1.82) is 0 Å². The summed E-state index contributed by atoms with van der Waals surface area (Å²) in [7, 11) is 0. The van der Waals surface area contributed by atoms with Crippen LogP contribution in [0.5, 0.6) is 5.75 Å². The Morgan fingerprint density at radius 2 is 1.57 bits per heavy atom. The third-order valence-electron chi connectivity index (χ3n) is 10.9. The fraction of sp³-hybridized carbons (Fsp3) is 0.432. The fourth-order valence-electron chi connectivity index (χ4n) is 8.96. The van der Waals surface area contributed by atoms with Crippen molar-refractivity contribution in [2.24, 2.45) is 11.8 Å². The number of nitrogens with zero attached hydrogens (tertiary/aromatic N) is 2. The monoisotopic (exact) mass is 636 g/mol. The van der Waals surface area contributed by atoms with Gasteiger partial charge < -0.3 is 29.9 Å². The first-order valence-corrected chi connectivity index (χ1v) is 16.8. The van der Waals surface area contributed by atoms with Gasteiger partial charge in [0.15, 0.2) is 0 Å². The van der Waals surface area contributed by atoms with E-state index in [1.807, 2.05) is 78.0 Å². The van der Waals surface area contributed by atoms with E-state index in [2.05, 4.69) is 10.3 Å². The number of piperidine rings is 2. The van der Waals surface area contributed by atoms with E-state index >= 15 is 0 Å². The number of carboxylic acid groups (broad SMARTS) is 1. The van der Waals surface area contributed by atoms with Crippen molar-refractivity contribution in [1.82, 2.24) is 20.3 Å². The number of benzene rings is 3. The summed E-state index contributed by atoms with van der Waals surface area (Å²) >= 11 is 0. The van der Waals surface area contributed by atoms with Gasteiger partial charge in [-0.05, 0) is 73.9 Å². The van der Waals surface area contributed by atoms with Crippen LogP contribution in [0.25, 0.3) is 21.7 Å². The van der Waals surface area contributed by atoms with Crippen LogP contribution in [0.2, 0.25) is 0 Å². The third kappa shape index (κ3) is 5.48. The molecule has 5 fully saturated rings. The summed E-state index contributed by atoms with van der Waals surface area (Å²) in [5.41, 5.74) is 0.242. The lowest BCUT2D eigenvalue weighted by atomic mass is 9.64. The summed E-state index contributed by atoms with van der Waals surface area (Å²) < 4.78 is 6.38. The van der Waals surface area contributed by atoms with E-state index in [1.165, 1.54) is 11.3 Å². The molecule has 4 heterocycles. The Kier molecular flexibility index (Phi) is 7.35. The zero-order valence-corrected chi connectivity index (χ0v) is 26.4. The zero-order valence-electron chi connectivity index (χ0n) is 26.4. The number of hydrogen-bond donors (Lipinski definition) is 3. The number of aliphatic carboxylic acids is 1. The Hall–Kier alpha value is -4.57. The average Bonchev–Trinajstić information content (AvgIpc) is 3.66. The Bertz CT molecular complexity index is 1820. The molecule has 1 aromatic heterocycles. The van der Waals surface area contributed by atoms with Gasteiger partial charge in [-0.3, -0.25) is 4.79 Å². The van der Waals surface area contributed by atoms with Crippen LogP contribution in [0.1, 0.15) is 51.0 Å². The van der Waals surface area contributed by atoms with Crippen molar-refractivity contribution in [3.8, 4) is 5.75 Å². The molecule has 4 bridgehead atoms. The first-order chi connectivity index (χ1) is 22.7. The van der Waals surface area contributed by atoms with Gasteiger partial charge in [0.05, 0.1) is 6.54 Å². The highest BCUT2D eigenvalue weighted by molar-refractivity contribution is 5.94. The number of likely N-dealkylation sites (tertiary alicyclic amines) is 1. The second-order valence-electron chi connectivity index (χ2n) is 14.2. The maximum Gasteiger partial charge on any atom is 0.427 e. The van der Waals surface area contributed by atoms with Gasteiger partial charge in [0.2, 0.25) is 5.91 Å². The van der Waals surface area contributed by atoms with Gasteiger partial charge in [-0.25, -0.2) is 9.59 Å². The Balaban J connectivity index is 1.07. The molecule has 2 saturated carbocycles. The highest BCUT2D eigenvalue weighted by Crippen LogP contribution is 2.49. The Morgan fingerprint density at radius 1 is 0.894 bits per heavy atom. The second kappa shape index (κ2) is 11.6. The molecule has 9 rings (SSSR count). The highest BCUT2D eigenvalue weighted by Gasteiger charge is 2.51. The number of nitrogens with one attached hydrogen (secondary N) is 2. The molecular weight excluding hydrogens is 596 g/mol. The number of aromatic nitrogens is 1. The predicted molar refractivity (Wildman–Crippen MR) is 176 cm³/mol. The van der Waals surface area contributed by atoms with Gasteiger partial charge in [0, 0.05) is 47.4 Å². The summed E-state index contributed by atoms with van der Waals surface area (Å²) in [5.74, 6) is 0.428. The molecule has 3 atom stereocenters. The number of hydrogen-bond acceptors (Lipinski definition) is 6. The van der Waals surface area contributed by atoms with Gasteiger partial charge >= 0.3 is 12.1 Å². The number of fused-ring (bicyclic) bond motifs is 2. The summed E-state index contributed by atoms with van der Waals surface area (Å²) in [5, 5.41) is 18.0. The third-order valence-corrected chi connectivity index (χ3v) is 10.9. The molecule has 3 N–H and O–H groups in total. The predicted octanol–water partition coefficient (Wildman–Crippen LogP) is 5.66. The molecule has 10 nitrogen and oxygen atoms in total. The Morgan fingerprint density at radius 3 is 2.32 bits per heavy atom. The number of ether oxygens (including phenoxy) is 1. The zero-order chi connectivity index (χ0) is 32.3. The molecule has 244 valence electrons. The van der Waals surface area contributed by atoms with Crippen molar-refractivity contribution in [3.63, 3.8) is 0 Å². The first-order valence-electron chi connectivity index (χ1n) is 16.8. The lowest BCUT2D eigenvalue weighted by Gasteiger charge is -2.54. The molecule has 0 spiro atoms. The van der Waals surface area contributed by atoms with Gasteiger partial charge in [-0.1, -0.05) is 54.6 Å². The largest absolute Gasteiger partial charge is 0.488 e. The van der Waals surface area contributed by atoms with E-state index in [4.69, 9.17) is 9.57 Å². The van der Waals surface area contributed by atoms with Crippen LogP contribution >= 0.6 is 0 Å². The highest BCUT2D eigenvalue weighted by atomic mass is 16.7. The number of hydroxylamine groups is 2. The SMILES string of the molecule is C[C@](Cc1c[nH]c2ccccc12)(NC(=O)ON1C2CC3CC(C2)CC1C3)C(=O)N1C[C@H](Oc2cccc3ccccc23)C[C@@H]1C(=O)O. The molecule has 3 aliphatic heterocycles. The van der Waals surface area contributed by atoms with E-state index in [1.54, 1.807) is 6.92 Å². The molecule has 47 heavy (non-hydrogen) atoms. The molecule has 4 aromatic rings. The van der Waals surface area contributed by atoms with Crippen molar-refractivity contribution < 1.29 is 29.1 Å². The fourth-order valence-corrected chi connectivity index (χ4v) is 8.96. The average molecular weight is 637 g/mol. The van der Waals surface area contributed by atoms with Crippen LogP contribution in [0, 0.1) is 11.8 Å². The molecule has 2 aliphatic carbocycles. The number of carboxylic acids is 1. The van der Waals surface area contributed by atoms with E-state index in [0.717, 1.165) is 52.9 Å². The van der Waals surface area contributed by atoms with Crippen molar-refractivity contribution in [3.05, 3.63) is 78.5 Å². The van der Waals surface area contributed by atoms with Crippen molar-refractivity contribution in [2.75, 3.05) is 6.54 Å². The quantitative estimate of drug-likeness (QED) is 0.228. The van der Waals surface area contributed by atoms with Gasteiger partial charge in [-0.2, -0.15) is 0 Å². The molecular formula is C37H40N4O6. The smallest absolute Gasteiger partial charge is 0.427 e. The lowest BCUT2D eigenvalue weighted by molar-refractivity contribution is -0.228. The standard InChI is InChI=1S/C37H40N4O6/c1-37(19-25-20-38-31-11-5-4-9-29(25)31,39-36(45)47-41-26-14-22-13-23(16-26)17-27(41)15-22)35(44)40-21-28(18-32(40)34(42)43)46-33-12-6-8-24-7-2-3-10-30(24)33/h2-12,20,22-23,26-28,32,38H,13-19,21H2,1H3,(H,39,45)(H,42,43)/t22?,23?,26?,27?,28-,32-,37-/m1/s1. The number of aromatic amines is 1. The lowest BCUT2D eigenvalue weighted by Crippen LogP contribution is -2.63. The second-order valence-corrected chi connectivity index (χ2v) is 14.2. The summed E-state index contributed by atoms with van der Waals surface area (Å²) in [6.45, 7) is 1.74. The molecule has 5 aliphatic rings. The molecule has 3 aromatic carbocycles. The van der Waals surface area contributed by atoms with E-state index in [0.29, 0.717) is 17.6 Å². The minimum absolute atomic E-state index is 0.0677. The van der Waals surface area contributed by atoms with Crippen LogP contribution in [0.3, 0.4) is 0 Å². The number of rotatable bonds is 8.